The first-order valence-electron chi connectivity index (χ1n) is 7.57. The fraction of sp³-hybridized carbons (Fsp3) is 0.688. The number of likely N-dealkylation sites (N-methyl/N-ethyl adjacent to an activating group) is 2. The third-order valence-corrected chi connectivity index (χ3v) is 3.82. The van der Waals surface area contributed by atoms with Crippen molar-refractivity contribution in [3.05, 3.63) is 30.1 Å². The van der Waals surface area contributed by atoms with Crippen LogP contribution in [0.4, 0.5) is 0 Å². The van der Waals surface area contributed by atoms with E-state index < -0.39 is 0 Å². The zero-order chi connectivity index (χ0) is 14.1. The number of pyridine rings is 1. The fourth-order valence-electron chi connectivity index (χ4n) is 2.80. The summed E-state index contributed by atoms with van der Waals surface area (Å²) in [6.45, 7) is 8.79. The highest BCUT2D eigenvalue weighted by Gasteiger charge is 2.23. The van der Waals surface area contributed by atoms with Crippen molar-refractivity contribution in [1.29, 1.82) is 0 Å². The molecule has 3 heteroatoms. The lowest BCUT2D eigenvalue weighted by molar-refractivity contribution is 0.147. The number of hydrogen-bond donors (Lipinski definition) is 1. The average Bonchev–Trinajstić information content (AvgIpc) is 2.46. The molecule has 1 heterocycles. The summed E-state index contributed by atoms with van der Waals surface area (Å²) in [6, 6.07) is 7.31. The lowest BCUT2D eigenvalue weighted by Gasteiger charge is -2.35. The molecule has 19 heavy (non-hydrogen) atoms. The molecular weight excluding hydrogens is 234 g/mol. The first kappa shape index (κ1) is 16.1. The van der Waals surface area contributed by atoms with Gasteiger partial charge in [0.15, 0.2) is 0 Å². The quantitative estimate of drug-likeness (QED) is 0.742. The van der Waals surface area contributed by atoms with Gasteiger partial charge in [-0.3, -0.25) is 9.88 Å². The smallest absolute Gasteiger partial charge is 0.0544 e. The van der Waals surface area contributed by atoms with Crippen LogP contribution in [0.1, 0.15) is 45.7 Å². The number of nitrogens with zero attached hydrogens (tertiary/aromatic N) is 2. The van der Waals surface area contributed by atoms with E-state index >= 15 is 0 Å². The largest absolute Gasteiger partial charge is 0.315 e. The van der Waals surface area contributed by atoms with Gasteiger partial charge in [0.1, 0.15) is 0 Å². The van der Waals surface area contributed by atoms with E-state index in [9.17, 15) is 0 Å². The number of nitrogens with one attached hydrogen (secondary N) is 1. The molecule has 1 N–H and O–H groups in total. The van der Waals surface area contributed by atoms with Crippen LogP contribution in [0.2, 0.25) is 0 Å². The van der Waals surface area contributed by atoms with E-state index in [1.54, 1.807) is 0 Å². The predicted molar refractivity (Wildman–Crippen MR) is 82.2 cm³/mol. The molecule has 0 aliphatic heterocycles. The molecule has 0 amide bonds. The van der Waals surface area contributed by atoms with Crippen LogP contribution in [0, 0.1) is 0 Å². The van der Waals surface area contributed by atoms with Crippen LogP contribution in [0.3, 0.4) is 0 Å². The molecule has 0 aromatic carbocycles. The summed E-state index contributed by atoms with van der Waals surface area (Å²) in [4.78, 5) is 6.99. The monoisotopic (exact) mass is 263 g/mol. The molecule has 1 aromatic heterocycles. The van der Waals surface area contributed by atoms with E-state index in [0.717, 1.165) is 18.8 Å². The lowest BCUT2D eigenvalue weighted by Crippen LogP contribution is -2.48. The van der Waals surface area contributed by atoms with Crippen molar-refractivity contribution in [2.75, 3.05) is 13.6 Å². The fourth-order valence-corrected chi connectivity index (χ4v) is 2.80. The summed E-state index contributed by atoms with van der Waals surface area (Å²) in [5.74, 6) is 0. The Kier molecular flexibility index (Phi) is 7.68. The average molecular weight is 263 g/mol. The summed E-state index contributed by atoms with van der Waals surface area (Å²) >= 11 is 0. The Morgan fingerprint density at radius 3 is 2.53 bits per heavy atom. The summed E-state index contributed by atoms with van der Waals surface area (Å²) in [5.41, 5.74) is 1.16. The minimum Gasteiger partial charge on any atom is -0.315 e. The predicted octanol–water partition coefficient (Wildman–Crippen LogP) is 3.07. The van der Waals surface area contributed by atoms with Gasteiger partial charge in [-0.1, -0.05) is 33.3 Å². The van der Waals surface area contributed by atoms with Crippen LogP contribution in [-0.2, 0) is 6.54 Å². The zero-order valence-electron chi connectivity index (χ0n) is 12.9. The summed E-state index contributed by atoms with van der Waals surface area (Å²) in [6.07, 6.45) is 5.51. The topological polar surface area (TPSA) is 28.2 Å². The van der Waals surface area contributed by atoms with Crippen LogP contribution in [0.15, 0.2) is 24.4 Å². The first-order valence-corrected chi connectivity index (χ1v) is 7.57. The van der Waals surface area contributed by atoms with E-state index in [-0.39, 0.29) is 0 Å². The van der Waals surface area contributed by atoms with Crippen molar-refractivity contribution < 1.29 is 0 Å². The van der Waals surface area contributed by atoms with E-state index in [2.05, 4.69) is 55.2 Å². The van der Waals surface area contributed by atoms with E-state index in [0.29, 0.717) is 12.1 Å². The first-order chi connectivity index (χ1) is 9.26. The minimum absolute atomic E-state index is 0.568. The molecule has 0 radical (unpaired) electrons. The van der Waals surface area contributed by atoms with Crippen molar-refractivity contribution in [1.82, 2.24) is 15.2 Å². The van der Waals surface area contributed by atoms with Gasteiger partial charge in [-0.25, -0.2) is 0 Å². The molecule has 0 saturated carbocycles. The van der Waals surface area contributed by atoms with Gasteiger partial charge >= 0.3 is 0 Å². The van der Waals surface area contributed by atoms with Gasteiger partial charge in [0.25, 0.3) is 0 Å². The molecule has 0 spiro atoms. The number of hydrogen-bond acceptors (Lipinski definition) is 3. The van der Waals surface area contributed by atoms with Crippen LogP contribution in [-0.4, -0.2) is 35.6 Å². The maximum Gasteiger partial charge on any atom is 0.0544 e. The molecule has 1 aromatic rings. The lowest BCUT2D eigenvalue weighted by atomic mass is 9.99. The Balaban J connectivity index is 2.74. The highest BCUT2D eigenvalue weighted by atomic mass is 15.2. The van der Waals surface area contributed by atoms with E-state index in [4.69, 9.17) is 0 Å². The van der Waals surface area contributed by atoms with Crippen molar-refractivity contribution in [2.45, 2.75) is 58.7 Å². The SMILES string of the molecule is CCCC(NC)C(CC)N(CC)Cc1ccccn1. The molecule has 0 saturated heterocycles. The maximum atomic E-state index is 4.45. The molecule has 108 valence electrons. The Morgan fingerprint density at radius 2 is 2.05 bits per heavy atom. The maximum absolute atomic E-state index is 4.45. The zero-order valence-corrected chi connectivity index (χ0v) is 12.9. The molecule has 0 fully saturated rings. The summed E-state index contributed by atoms with van der Waals surface area (Å²) in [7, 11) is 2.08. The number of aromatic nitrogens is 1. The van der Waals surface area contributed by atoms with Gasteiger partial charge in [0.2, 0.25) is 0 Å². The van der Waals surface area contributed by atoms with Crippen molar-refractivity contribution in [3.63, 3.8) is 0 Å². The third kappa shape index (κ3) is 4.92. The molecule has 3 nitrogen and oxygen atoms in total. The van der Waals surface area contributed by atoms with Gasteiger partial charge in [-0.15, -0.1) is 0 Å². The van der Waals surface area contributed by atoms with Crippen LogP contribution in [0.5, 0.6) is 0 Å². The second-order valence-corrected chi connectivity index (χ2v) is 5.04. The van der Waals surface area contributed by atoms with Crippen LogP contribution in [0.25, 0.3) is 0 Å². The Labute approximate surface area is 118 Å². The standard InChI is InChI=1S/C16H29N3/c1-5-10-15(17-4)16(6-2)19(7-3)13-14-11-8-9-12-18-14/h8-9,11-12,15-17H,5-7,10,13H2,1-4H3. The van der Waals surface area contributed by atoms with Gasteiger partial charge in [-0.05, 0) is 38.6 Å². The Hall–Kier alpha value is -0.930. The van der Waals surface area contributed by atoms with Gasteiger partial charge < -0.3 is 5.32 Å². The van der Waals surface area contributed by atoms with Crippen LogP contribution < -0.4 is 5.32 Å². The molecule has 0 aliphatic carbocycles. The number of rotatable bonds is 9. The van der Waals surface area contributed by atoms with Gasteiger partial charge in [-0.2, -0.15) is 0 Å². The van der Waals surface area contributed by atoms with Crippen molar-refractivity contribution in [2.24, 2.45) is 0 Å². The summed E-state index contributed by atoms with van der Waals surface area (Å²) < 4.78 is 0. The molecule has 2 atom stereocenters. The molecule has 2 unspecified atom stereocenters. The highest BCUT2D eigenvalue weighted by Crippen LogP contribution is 2.15. The van der Waals surface area contributed by atoms with E-state index in [1.807, 2.05) is 12.3 Å². The Bertz CT molecular complexity index is 326. The molecule has 1 rings (SSSR count). The second-order valence-electron chi connectivity index (χ2n) is 5.04. The highest BCUT2D eigenvalue weighted by molar-refractivity contribution is 5.03. The third-order valence-electron chi connectivity index (χ3n) is 3.82. The van der Waals surface area contributed by atoms with Crippen molar-refractivity contribution in [3.8, 4) is 0 Å². The molecule has 0 aliphatic rings. The van der Waals surface area contributed by atoms with Gasteiger partial charge in [0, 0.05) is 24.8 Å². The Morgan fingerprint density at radius 1 is 1.26 bits per heavy atom. The molecule has 0 bridgehead atoms. The van der Waals surface area contributed by atoms with Crippen molar-refractivity contribution >= 4 is 0 Å². The van der Waals surface area contributed by atoms with Crippen LogP contribution >= 0.6 is 0 Å². The molecular formula is C16H29N3. The van der Waals surface area contributed by atoms with Gasteiger partial charge in [0.05, 0.1) is 5.69 Å². The minimum atomic E-state index is 0.568. The second kappa shape index (κ2) is 9.05. The van der Waals surface area contributed by atoms with E-state index in [1.165, 1.54) is 19.3 Å². The summed E-state index contributed by atoms with van der Waals surface area (Å²) in [5, 5.41) is 3.49. The normalized spacial score (nSPS) is 14.6.